The van der Waals surface area contributed by atoms with Crippen LogP contribution in [0.4, 0.5) is 14.5 Å². The summed E-state index contributed by atoms with van der Waals surface area (Å²) < 4.78 is 26.4. The van der Waals surface area contributed by atoms with Crippen molar-refractivity contribution in [2.24, 2.45) is 0 Å². The Kier molecular flexibility index (Phi) is 5.41. The van der Waals surface area contributed by atoms with Gasteiger partial charge in [-0.15, -0.1) is 0 Å². The number of nitrogens with zero attached hydrogens (tertiary/aromatic N) is 1. The van der Waals surface area contributed by atoms with Gasteiger partial charge in [-0.25, -0.2) is 8.78 Å². The molecule has 2 amide bonds. The predicted octanol–water partition coefficient (Wildman–Crippen LogP) is 2.95. The van der Waals surface area contributed by atoms with E-state index in [1.165, 1.54) is 4.90 Å². The lowest BCUT2D eigenvalue weighted by molar-refractivity contribution is -0.143. The summed E-state index contributed by atoms with van der Waals surface area (Å²) >= 11 is 0. The average Bonchev–Trinajstić information content (AvgIpc) is 2.55. The van der Waals surface area contributed by atoms with Crippen LogP contribution in [0, 0.1) is 11.6 Å². The van der Waals surface area contributed by atoms with Crippen molar-refractivity contribution in [3.63, 3.8) is 0 Å². The highest BCUT2D eigenvalue weighted by atomic mass is 19.1. The van der Waals surface area contributed by atoms with Crippen LogP contribution in [0.3, 0.4) is 0 Å². The number of benzene rings is 2. The second-order valence-electron chi connectivity index (χ2n) is 4.88. The molecule has 0 aliphatic heterocycles. The summed E-state index contributed by atoms with van der Waals surface area (Å²) in [7, 11) is 0. The molecule has 0 fully saturated rings. The van der Waals surface area contributed by atoms with Gasteiger partial charge in [0.25, 0.3) is 0 Å². The van der Waals surface area contributed by atoms with E-state index in [4.69, 9.17) is 0 Å². The Labute approximate surface area is 132 Å². The van der Waals surface area contributed by atoms with Crippen LogP contribution in [-0.4, -0.2) is 23.3 Å². The van der Waals surface area contributed by atoms with Gasteiger partial charge in [0, 0.05) is 19.2 Å². The van der Waals surface area contributed by atoms with E-state index in [-0.39, 0.29) is 12.2 Å². The van der Waals surface area contributed by atoms with Crippen LogP contribution < -0.4 is 5.32 Å². The topological polar surface area (TPSA) is 49.4 Å². The summed E-state index contributed by atoms with van der Waals surface area (Å²) in [6.45, 7) is 2.34. The summed E-state index contributed by atoms with van der Waals surface area (Å²) in [5, 5.41) is 2.17. The summed E-state index contributed by atoms with van der Waals surface area (Å²) in [5.74, 6) is -3.43. The van der Waals surface area contributed by atoms with Gasteiger partial charge >= 0.3 is 11.8 Å². The number of halogens is 2. The van der Waals surface area contributed by atoms with Gasteiger partial charge in [0.05, 0.1) is 5.69 Å². The summed E-state index contributed by atoms with van der Waals surface area (Å²) in [6.07, 6.45) is 0. The molecular weight excluding hydrogens is 302 g/mol. The molecule has 0 bridgehead atoms. The van der Waals surface area contributed by atoms with Crippen molar-refractivity contribution in [3.05, 3.63) is 65.7 Å². The number of hydrogen-bond donors (Lipinski definition) is 1. The molecule has 0 saturated heterocycles. The van der Waals surface area contributed by atoms with Gasteiger partial charge in [0.2, 0.25) is 0 Å². The number of carbonyl (C=O) groups excluding carboxylic acids is 2. The highest BCUT2D eigenvalue weighted by Crippen LogP contribution is 2.15. The van der Waals surface area contributed by atoms with Crippen molar-refractivity contribution in [2.75, 3.05) is 11.9 Å². The molecular formula is C17H16F2N2O2. The summed E-state index contributed by atoms with van der Waals surface area (Å²) in [6, 6.07) is 11.9. The Bertz CT molecular complexity index is 705. The normalized spacial score (nSPS) is 10.2. The standard InChI is InChI=1S/C17H16F2N2O2/c1-2-21(11-12-6-4-3-5-7-12)17(23)16(22)20-15-9-8-13(18)10-14(15)19/h3-10H,2,11H2,1H3,(H,20,22). The van der Waals surface area contributed by atoms with E-state index in [0.29, 0.717) is 12.6 Å². The Hall–Kier alpha value is -2.76. The smallest absolute Gasteiger partial charge is 0.313 e. The number of anilines is 1. The maximum absolute atomic E-state index is 13.5. The van der Waals surface area contributed by atoms with Crippen LogP contribution in [0.1, 0.15) is 12.5 Å². The third-order valence-corrected chi connectivity index (χ3v) is 3.26. The minimum atomic E-state index is -0.965. The van der Waals surface area contributed by atoms with Gasteiger partial charge in [-0.1, -0.05) is 30.3 Å². The minimum absolute atomic E-state index is 0.236. The SMILES string of the molecule is CCN(Cc1ccccc1)C(=O)C(=O)Nc1ccc(F)cc1F. The average molecular weight is 318 g/mol. The van der Waals surface area contributed by atoms with Crippen LogP contribution in [0.2, 0.25) is 0 Å². The molecule has 0 aromatic heterocycles. The van der Waals surface area contributed by atoms with Crippen LogP contribution in [-0.2, 0) is 16.1 Å². The predicted molar refractivity (Wildman–Crippen MR) is 82.5 cm³/mol. The molecule has 0 aliphatic carbocycles. The molecule has 0 atom stereocenters. The van der Waals surface area contributed by atoms with E-state index < -0.39 is 23.4 Å². The van der Waals surface area contributed by atoms with Crippen LogP contribution >= 0.6 is 0 Å². The molecule has 0 heterocycles. The van der Waals surface area contributed by atoms with Crippen LogP contribution in [0.25, 0.3) is 0 Å². The second-order valence-corrected chi connectivity index (χ2v) is 4.88. The van der Waals surface area contributed by atoms with Crippen molar-refractivity contribution >= 4 is 17.5 Å². The van der Waals surface area contributed by atoms with Crippen LogP contribution in [0.15, 0.2) is 48.5 Å². The quantitative estimate of drug-likeness (QED) is 0.881. The first-order chi connectivity index (χ1) is 11.0. The molecule has 0 aliphatic rings. The lowest BCUT2D eigenvalue weighted by Gasteiger charge is -2.20. The van der Waals surface area contributed by atoms with E-state index in [1.807, 2.05) is 30.3 Å². The molecule has 0 radical (unpaired) electrons. The Balaban J connectivity index is 2.06. The Morgan fingerprint density at radius 1 is 1.09 bits per heavy atom. The zero-order valence-corrected chi connectivity index (χ0v) is 12.6. The lowest BCUT2D eigenvalue weighted by Crippen LogP contribution is -2.39. The fraction of sp³-hybridized carbons (Fsp3) is 0.176. The molecule has 4 nitrogen and oxygen atoms in total. The maximum Gasteiger partial charge on any atom is 0.313 e. The minimum Gasteiger partial charge on any atom is -0.330 e. The number of likely N-dealkylation sites (N-methyl/N-ethyl adjacent to an activating group) is 1. The second kappa shape index (κ2) is 7.49. The van der Waals surface area contributed by atoms with Gasteiger partial charge in [-0.05, 0) is 24.6 Å². The van der Waals surface area contributed by atoms with E-state index in [0.717, 1.165) is 17.7 Å². The maximum atomic E-state index is 13.5. The first-order valence-electron chi connectivity index (χ1n) is 7.10. The van der Waals surface area contributed by atoms with E-state index >= 15 is 0 Å². The van der Waals surface area contributed by atoms with E-state index in [2.05, 4.69) is 5.32 Å². The van der Waals surface area contributed by atoms with Gasteiger partial charge in [0.1, 0.15) is 11.6 Å². The van der Waals surface area contributed by atoms with Gasteiger partial charge in [0.15, 0.2) is 0 Å². The Morgan fingerprint density at radius 2 is 1.78 bits per heavy atom. The number of nitrogens with one attached hydrogen (secondary N) is 1. The van der Waals surface area contributed by atoms with Crippen molar-refractivity contribution < 1.29 is 18.4 Å². The highest BCUT2D eigenvalue weighted by Gasteiger charge is 2.22. The zero-order chi connectivity index (χ0) is 16.8. The summed E-state index contributed by atoms with van der Waals surface area (Å²) in [4.78, 5) is 25.5. The van der Waals surface area contributed by atoms with Gasteiger partial charge in [-0.2, -0.15) is 0 Å². The molecule has 120 valence electrons. The molecule has 6 heteroatoms. The molecule has 0 saturated carbocycles. The molecule has 0 unspecified atom stereocenters. The highest BCUT2D eigenvalue weighted by molar-refractivity contribution is 6.39. The fourth-order valence-corrected chi connectivity index (χ4v) is 2.04. The fourth-order valence-electron chi connectivity index (χ4n) is 2.04. The molecule has 0 spiro atoms. The van der Waals surface area contributed by atoms with Crippen molar-refractivity contribution in [1.29, 1.82) is 0 Å². The number of amides is 2. The molecule has 23 heavy (non-hydrogen) atoms. The Morgan fingerprint density at radius 3 is 2.39 bits per heavy atom. The van der Waals surface area contributed by atoms with Crippen LogP contribution in [0.5, 0.6) is 0 Å². The van der Waals surface area contributed by atoms with E-state index in [9.17, 15) is 18.4 Å². The monoisotopic (exact) mass is 318 g/mol. The number of rotatable bonds is 4. The number of carbonyl (C=O) groups is 2. The third-order valence-electron chi connectivity index (χ3n) is 3.26. The first-order valence-corrected chi connectivity index (χ1v) is 7.10. The molecule has 2 rings (SSSR count). The van der Waals surface area contributed by atoms with Crippen molar-refractivity contribution in [3.8, 4) is 0 Å². The van der Waals surface area contributed by atoms with E-state index in [1.54, 1.807) is 6.92 Å². The molecule has 2 aromatic rings. The zero-order valence-electron chi connectivity index (χ0n) is 12.6. The lowest BCUT2D eigenvalue weighted by atomic mass is 10.2. The first kappa shape index (κ1) is 16.6. The summed E-state index contributed by atoms with van der Waals surface area (Å²) in [5.41, 5.74) is 0.643. The molecule has 2 aromatic carbocycles. The third kappa shape index (κ3) is 4.35. The number of hydrogen-bond acceptors (Lipinski definition) is 2. The molecule has 1 N–H and O–H groups in total. The van der Waals surface area contributed by atoms with Gasteiger partial charge < -0.3 is 10.2 Å². The van der Waals surface area contributed by atoms with Crippen molar-refractivity contribution in [1.82, 2.24) is 4.90 Å². The largest absolute Gasteiger partial charge is 0.330 e. The van der Waals surface area contributed by atoms with Gasteiger partial charge in [-0.3, -0.25) is 9.59 Å². The van der Waals surface area contributed by atoms with Crippen molar-refractivity contribution in [2.45, 2.75) is 13.5 Å².